The van der Waals surface area contributed by atoms with Crippen LogP contribution in [0.25, 0.3) is 0 Å². The molecule has 0 bridgehead atoms. The number of nitrogens with zero attached hydrogens (tertiary/aromatic N) is 1. The Morgan fingerprint density at radius 2 is 1.71 bits per heavy atom. The number of carbonyl (C=O) groups is 2. The first kappa shape index (κ1) is 16.1. The zero-order valence-corrected chi connectivity index (χ0v) is 11.9. The molecule has 0 aliphatic rings. The van der Waals surface area contributed by atoms with Gasteiger partial charge in [0, 0.05) is 6.54 Å². The molecule has 0 aliphatic carbocycles. The Kier molecular flexibility index (Phi) is 7.04. The second kappa shape index (κ2) is 7.43. The van der Waals surface area contributed by atoms with Gasteiger partial charge in [-0.15, -0.1) is 0 Å². The highest BCUT2D eigenvalue weighted by atomic mass is 16.2. The Bertz CT molecular complexity index is 262. The summed E-state index contributed by atoms with van der Waals surface area (Å²) in [6.07, 6.45) is 0. The number of nitrogens with one attached hydrogen (secondary N) is 1. The molecular formula is C13H26N2O2. The minimum atomic E-state index is -0.366. The van der Waals surface area contributed by atoms with Gasteiger partial charge in [0.1, 0.15) is 0 Å². The van der Waals surface area contributed by atoms with Crippen LogP contribution in [0.15, 0.2) is 0 Å². The van der Waals surface area contributed by atoms with E-state index in [2.05, 4.69) is 19.2 Å². The molecule has 1 amide bonds. The fourth-order valence-electron chi connectivity index (χ4n) is 1.89. The van der Waals surface area contributed by atoms with Crippen molar-refractivity contribution in [2.24, 2.45) is 11.8 Å². The first-order valence-electron chi connectivity index (χ1n) is 6.22. The van der Waals surface area contributed by atoms with Crippen LogP contribution in [0.1, 0.15) is 34.6 Å². The summed E-state index contributed by atoms with van der Waals surface area (Å²) in [5.41, 5.74) is 0. The third-order valence-electron chi connectivity index (χ3n) is 2.51. The number of amides is 1. The Balaban J connectivity index is 4.19. The summed E-state index contributed by atoms with van der Waals surface area (Å²) in [5.74, 6) is 0.593. The molecule has 0 spiro atoms. The maximum absolute atomic E-state index is 11.7. The van der Waals surface area contributed by atoms with Crippen LogP contribution in [0.3, 0.4) is 0 Å². The van der Waals surface area contributed by atoms with Gasteiger partial charge in [-0.1, -0.05) is 27.7 Å². The van der Waals surface area contributed by atoms with E-state index in [9.17, 15) is 9.59 Å². The van der Waals surface area contributed by atoms with Crippen LogP contribution in [-0.4, -0.2) is 42.8 Å². The maximum atomic E-state index is 11.7. The van der Waals surface area contributed by atoms with Crippen molar-refractivity contribution in [1.82, 2.24) is 10.2 Å². The number of hydrogen-bond acceptors (Lipinski definition) is 3. The highest BCUT2D eigenvalue weighted by molar-refractivity contribution is 5.88. The molecule has 0 aromatic carbocycles. The molecule has 17 heavy (non-hydrogen) atoms. The average Bonchev–Trinajstić information content (AvgIpc) is 2.11. The van der Waals surface area contributed by atoms with Gasteiger partial charge in [0.05, 0.1) is 12.6 Å². The molecule has 0 aromatic rings. The molecule has 1 N–H and O–H groups in total. The van der Waals surface area contributed by atoms with E-state index in [0.29, 0.717) is 12.5 Å². The molecule has 4 nitrogen and oxygen atoms in total. The van der Waals surface area contributed by atoms with Crippen LogP contribution < -0.4 is 5.32 Å². The largest absolute Gasteiger partial charge is 0.345 e. The number of hydrogen-bond donors (Lipinski definition) is 1. The lowest BCUT2D eigenvalue weighted by Gasteiger charge is -2.22. The van der Waals surface area contributed by atoms with E-state index < -0.39 is 0 Å². The van der Waals surface area contributed by atoms with Gasteiger partial charge in [-0.05, 0) is 25.8 Å². The normalized spacial score (nSPS) is 13.2. The standard InChI is InChI=1S/C13H26N2O2/c1-9(2)7-15(6)8-12(17)14-13(10(3)4)11(5)16/h9-10,13H,7-8H2,1-6H3,(H,14,17). The number of likely N-dealkylation sites (N-methyl/N-ethyl adjacent to an activating group) is 1. The zero-order chi connectivity index (χ0) is 13.6. The van der Waals surface area contributed by atoms with E-state index in [1.165, 1.54) is 6.92 Å². The van der Waals surface area contributed by atoms with Crippen LogP contribution in [-0.2, 0) is 9.59 Å². The highest BCUT2D eigenvalue weighted by Gasteiger charge is 2.20. The molecule has 0 rings (SSSR count). The first-order chi connectivity index (χ1) is 7.73. The van der Waals surface area contributed by atoms with E-state index in [0.717, 1.165) is 6.54 Å². The highest BCUT2D eigenvalue weighted by Crippen LogP contribution is 2.03. The minimum absolute atomic E-state index is 0.0138. The lowest BCUT2D eigenvalue weighted by molar-refractivity contribution is -0.128. The third-order valence-corrected chi connectivity index (χ3v) is 2.51. The molecule has 0 saturated heterocycles. The van der Waals surface area contributed by atoms with Crippen molar-refractivity contribution in [3.05, 3.63) is 0 Å². The van der Waals surface area contributed by atoms with Crippen LogP contribution in [0.5, 0.6) is 0 Å². The summed E-state index contributed by atoms with van der Waals surface area (Å²) in [6, 6.07) is -0.366. The van der Waals surface area contributed by atoms with Crippen LogP contribution in [0.4, 0.5) is 0 Å². The molecule has 0 aliphatic heterocycles. The van der Waals surface area contributed by atoms with E-state index in [1.807, 2.05) is 25.8 Å². The van der Waals surface area contributed by atoms with Gasteiger partial charge in [-0.25, -0.2) is 0 Å². The predicted octanol–water partition coefficient (Wildman–Crippen LogP) is 1.30. The molecule has 0 heterocycles. The first-order valence-corrected chi connectivity index (χ1v) is 6.22. The lowest BCUT2D eigenvalue weighted by Crippen LogP contribution is -2.47. The quantitative estimate of drug-likeness (QED) is 0.732. The van der Waals surface area contributed by atoms with Gasteiger partial charge < -0.3 is 5.32 Å². The maximum Gasteiger partial charge on any atom is 0.234 e. The molecule has 0 fully saturated rings. The van der Waals surface area contributed by atoms with E-state index in [1.54, 1.807) is 0 Å². The van der Waals surface area contributed by atoms with Crippen LogP contribution >= 0.6 is 0 Å². The van der Waals surface area contributed by atoms with Gasteiger partial charge in [-0.3, -0.25) is 14.5 Å². The fourth-order valence-corrected chi connectivity index (χ4v) is 1.89. The lowest BCUT2D eigenvalue weighted by atomic mass is 10.0. The Morgan fingerprint density at radius 3 is 2.06 bits per heavy atom. The molecule has 4 heteroatoms. The zero-order valence-electron chi connectivity index (χ0n) is 11.9. The number of rotatable bonds is 7. The van der Waals surface area contributed by atoms with Crippen molar-refractivity contribution in [2.45, 2.75) is 40.7 Å². The number of carbonyl (C=O) groups excluding carboxylic acids is 2. The predicted molar refractivity (Wildman–Crippen MR) is 69.8 cm³/mol. The number of Topliss-reactive ketones (excluding diaryl/α,β-unsaturated/α-hetero) is 1. The van der Waals surface area contributed by atoms with Gasteiger partial charge in [0.2, 0.25) is 5.91 Å². The molecule has 1 atom stereocenters. The van der Waals surface area contributed by atoms with Crippen molar-refractivity contribution in [3.8, 4) is 0 Å². The third kappa shape index (κ3) is 7.10. The van der Waals surface area contributed by atoms with Gasteiger partial charge >= 0.3 is 0 Å². The SMILES string of the molecule is CC(=O)C(NC(=O)CN(C)CC(C)C)C(C)C. The smallest absolute Gasteiger partial charge is 0.234 e. The monoisotopic (exact) mass is 242 g/mol. The minimum Gasteiger partial charge on any atom is -0.345 e. The van der Waals surface area contributed by atoms with Crippen molar-refractivity contribution >= 4 is 11.7 Å². The van der Waals surface area contributed by atoms with E-state index in [4.69, 9.17) is 0 Å². The van der Waals surface area contributed by atoms with Crippen molar-refractivity contribution in [2.75, 3.05) is 20.1 Å². The van der Waals surface area contributed by atoms with E-state index in [-0.39, 0.29) is 23.7 Å². The van der Waals surface area contributed by atoms with E-state index >= 15 is 0 Å². The second-order valence-electron chi connectivity index (χ2n) is 5.49. The van der Waals surface area contributed by atoms with Crippen molar-refractivity contribution in [3.63, 3.8) is 0 Å². The Labute approximate surface area is 105 Å². The fraction of sp³-hybridized carbons (Fsp3) is 0.846. The molecule has 0 aromatic heterocycles. The molecular weight excluding hydrogens is 216 g/mol. The summed E-state index contributed by atoms with van der Waals surface area (Å²) in [6.45, 7) is 10.8. The second-order valence-corrected chi connectivity index (χ2v) is 5.49. The Hall–Kier alpha value is -0.900. The summed E-state index contributed by atoms with van der Waals surface area (Å²) in [5, 5.41) is 2.79. The summed E-state index contributed by atoms with van der Waals surface area (Å²) in [7, 11) is 1.91. The molecule has 0 radical (unpaired) electrons. The topological polar surface area (TPSA) is 49.4 Å². The Morgan fingerprint density at radius 1 is 1.18 bits per heavy atom. The van der Waals surface area contributed by atoms with Crippen LogP contribution in [0.2, 0.25) is 0 Å². The average molecular weight is 242 g/mol. The molecule has 0 saturated carbocycles. The molecule has 100 valence electrons. The van der Waals surface area contributed by atoms with Crippen molar-refractivity contribution < 1.29 is 9.59 Å². The van der Waals surface area contributed by atoms with Gasteiger partial charge in [0.15, 0.2) is 5.78 Å². The van der Waals surface area contributed by atoms with Crippen LogP contribution in [0, 0.1) is 11.8 Å². The summed E-state index contributed by atoms with van der Waals surface area (Å²) in [4.78, 5) is 25.1. The summed E-state index contributed by atoms with van der Waals surface area (Å²) >= 11 is 0. The van der Waals surface area contributed by atoms with Gasteiger partial charge in [-0.2, -0.15) is 0 Å². The van der Waals surface area contributed by atoms with Crippen molar-refractivity contribution in [1.29, 1.82) is 0 Å². The van der Waals surface area contributed by atoms with Gasteiger partial charge in [0.25, 0.3) is 0 Å². The molecule has 1 unspecified atom stereocenters. The summed E-state index contributed by atoms with van der Waals surface area (Å²) < 4.78 is 0. The number of ketones is 1.